The standard InChI is InChI=1S/C12H9ClF4N4O.2C2H6/c13-9-19-10(18-5-7-1-3-8(14)4-2-7)21-11(20-9)22-6-12(15,16)17;2*1-2/h1-4H,5-6H2,(H,18,19,20,21);2*1-2H3. The van der Waals surface area contributed by atoms with Crippen LogP contribution in [0.3, 0.4) is 0 Å². The van der Waals surface area contributed by atoms with E-state index >= 15 is 0 Å². The van der Waals surface area contributed by atoms with E-state index in [0.717, 1.165) is 5.56 Å². The molecule has 26 heavy (non-hydrogen) atoms. The number of benzene rings is 1. The SMILES string of the molecule is CC.CC.Fc1ccc(CNc2nc(Cl)nc(OCC(F)(F)F)n2)cc1. The Morgan fingerprint density at radius 2 is 1.58 bits per heavy atom. The Balaban J connectivity index is 0.00000146. The first-order chi connectivity index (χ1) is 12.3. The van der Waals surface area contributed by atoms with Crippen molar-refractivity contribution in [3.8, 4) is 6.01 Å². The summed E-state index contributed by atoms with van der Waals surface area (Å²) in [6.07, 6.45) is -4.51. The van der Waals surface area contributed by atoms with Gasteiger partial charge in [0.2, 0.25) is 11.2 Å². The molecule has 146 valence electrons. The molecule has 0 radical (unpaired) electrons. The number of ether oxygens (including phenoxy) is 1. The van der Waals surface area contributed by atoms with Gasteiger partial charge in [-0.05, 0) is 29.3 Å². The second-order valence-electron chi connectivity index (χ2n) is 4.09. The zero-order valence-corrected chi connectivity index (χ0v) is 15.6. The molecule has 0 saturated heterocycles. The van der Waals surface area contributed by atoms with Gasteiger partial charge in [-0.15, -0.1) is 0 Å². The van der Waals surface area contributed by atoms with Crippen LogP contribution >= 0.6 is 11.6 Å². The molecule has 0 atom stereocenters. The third-order valence-electron chi connectivity index (χ3n) is 2.32. The van der Waals surface area contributed by atoms with Crippen LogP contribution in [0.2, 0.25) is 5.28 Å². The fraction of sp³-hybridized carbons (Fsp3) is 0.438. The molecule has 5 nitrogen and oxygen atoms in total. The first-order valence-electron chi connectivity index (χ1n) is 7.91. The lowest BCUT2D eigenvalue weighted by atomic mass is 10.2. The largest absolute Gasteiger partial charge is 0.454 e. The van der Waals surface area contributed by atoms with Crippen LogP contribution in [0.4, 0.5) is 23.5 Å². The predicted octanol–water partition coefficient (Wildman–Crippen LogP) is 5.27. The quantitative estimate of drug-likeness (QED) is 0.697. The predicted molar refractivity (Wildman–Crippen MR) is 92.8 cm³/mol. The number of nitrogens with zero attached hydrogens (tertiary/aromatic N) is 3. The maximum atomic E-state index is 12.8. The molecule has 0 fully saturated rings. The van der Waals surface area contributed by atoms with Crippen molar-refractivity contribution in [3.05, 3.63) is 40.9 Å². The van der Waals surface area contributed by atoms with Crippen LogP contribution in [0, 0.1) is 5.82 Å². The molecule has 0 amide bonds. The van der Waals surface area contributed by atoms with Crippen molar-refractivity contribution in [1.29, 1.82) is 0 Å². The Morgan fingerprint density at radius 1 is 1.00 bits per heavy atom. The summed E-state index contributed by atoms with van der Waals surface area (Å²) < 4.78 is 53.4. The van der Waals surface area contributed by atoms with Crippen LogP contribution in [-0.2, 0) is 6.54 Å². The van der Waals surface area contributed by atoms with E-state index in [0.29, 0.717) is 0 Å². The topological polar surface area (TPSA) is 59.9 Å². The van der Waals surface area contributed by atoms with E-state index in [1.807, 2.05) is 27.7 Å². The molecule has 2 rings (SSSR count). The Hall–Kier alpha value is -2.16. The van der Waals surface area contributed by atoms with E-state index in [9.17, 15) is 17.6 Å². The third-order valence-corrected chi connectivity index (χ3v) is 2.49. The number of hydrogen-bond donors (Lipinski definition) is 1. The summed E-state index contributed by atoms with van der Waals surface area (Å²) in [5.41, 5.74) is 0.718. The van der Waals surface area contributed by atoms with Gasteiger partial charge in [0.05, 0.1) is 0 Å². The number of halogens is 5. The molecular formula is C16H21ClF4N4O. The van der Waals surface area contributed by atoms with Gasteiger partial charge in [0.15, 0.2) is 6.61 Å². The summed E-state index contributed by atoms with van der Waals surface area (Å²) in [6, 6.07) is 5.07. The van der Waals surface area contributed by atoms with Crippen molar-refractivity contribution in [2.24, 2.45) is 0 Å². The Morgan fingerprint density at radius 3 is 2.12 bits per heavy atom. The van der Waals surface area contributed by atoms with E-state index in [1.54, 1.807) is 0 Å². The Bertz CT molecular complexity index is 639. The van der Waals surface area contributed by atoms with E-state index in [2.05, 4.69) is 25.0 Å². The van der Waals surface area contributed by atoms with Gasteiger partial charge in [-0.2, -0.15) is 28.1 Å². The van der Waals surface area contributed by atoms with Gasteiger partial charge < -0.3 is 10.1 Å². The molecule has 10 heteroatoms. The van der Waals surface area contributed by atoms with Gasteiger partial charge in [0.1, 0.15) is 5.82 Å². The summed E-state index contributed by atoms with van der Waals surface area (Å²) in [6.45, 7) is 6.68. The molecule has 0 aliphatic carbocycles. The van der Waals surface area contributed by atoms with Crippen molar-refractivity contribution >= 4 is 17.5 Å². The Labute approximate surface area is 154 Å². The number of nitrogens with one attached hydrogen (secondary N) is 1. The van der Waals surface area contributed by atoms with Crippen LogP contribution in [0.25, 0.3) is 0 Å². The molecule has 1 N–H and O–H groups in total. The van der Waals surface area contributed by atoms with Gasteiger partial charge in [-0.3, -0.25) is 0 Å². The second-order valence-corrected chi connectivity index (χ2v) is 4.43. The number of anilines is 1. The van der Waals surface area contributed by atoms with Crippen LogP contribution < -0.4 is 10.1 Å². The number of hydrogen-bond acceptors (Lipinski definition) is 5. The summed E-state index contributed by atoms with van der Waals surface area (Å²) in [5.74, 6) is -0.434. The summed E-state index contributed by atoms with van der Waals surface area (Å²) in [7, 11) is 0. The number of rotatable bonds is 5. The van der Waals surface area contributed by atoms with Gasteiger partial charge in [0, 0.05) is 6.54 Å². The molecule has 2 aromatic rings. The minimum atomic E-state index is -4.51. The van der Waals surface area contributed by atoms with E-state index in [1.165, 1.54) is 24.3 Å². The monoisotopic (exact) mass is 396 g/mol. The fourth-order valence-corrected chi connectivity index (χ4v) is 1.56. The third kappa shape index (κ3) is 9.97. The zero-order chi connectivity index (χ0) is 20.2. The van der Waals surface area contributed by atoms with E-state index < -0.39 is 18.8 Å². The molecule has 0 bridgehead atoms. The second kappa shape index (κ2) is 12.2. The summed E-state index contributed by atoms with van der Waals surface area (Å²) >= 11 is 5.59. The lowest BCUT2D eigenvalue weighted by Gasteiger charge is -2.09. The van der Waals surface area contributed by atoms with Gasteiger partial charge in [-0.25, -0.2) is 4.39 Å². The molecule has 1 aromatic heterocycles. The molecular weight excluding hydrogens is 376 g/mol. The molecule has 0 unspecified atom stereocenters. The molecule has 1 heterocycles. The van der Waals surface area contributed by atoms with Crippen molar-refractivity contribution in [1.82, 2.24) is 15.0 Å². The van der Waals surface area contributed by atoms with Gasteiger partial charge in [0.25, 0.3) is 0 Å². The minimum absolute atomic E-state index is 0.0542. The first kappa shape index (κ1) is 23.8. The van der Waals surface area contributed by atoms with Crippen LogP contribution in [-0.4, -0.2) is 27.7 Å². The van der Waals surface area contributed by atoms with E-state index in [4.69, 9.17) is 11.6 Å². The lowest BCUT2D eigenvalue weighted by molar-refractivity contribution is -0.154. The maximum absolute atomic E-state index is 12.8. The highest BCUT2D eigenvalue weighted by Gasteiger charge is 2.29. The Kier molecular flexibility index (Phi) is 11.2. The van der Waals surface area contributed by atoms with Crippen LogP contribution in [0.5, 0.6) is 6.01 Å². The van der Waals surface area contributed by atoms with Crippen molar-refractivity contribution in [2.75, 3.05) is 11.9 Å². The normalized spacial score (nSPS) is 10.0. The number of alkyl halides is 3. The summed E-state index contributed by atoms with van der Waals surface area (Å²) in [5, 5.41) is 2.42. The zero-order valence-electron chi connectivity index (χ0n) is 14.9. The van der Waals surface area contributed by atoms with Crippen molar-refractivity contribution in [3.63, 3.8) is 0 Å². The highest BCUT2D eigenvalue weighted by molar-refractivity contribution is 6.28. The first-order valence-corrected chi connectivity index (χ1v) is 8.29. The highest BCUT2D eigenvalue weighted by atomic mass is 35.5. The van der Waals surface area contributed by atoms with Crippen molar-refractivity contribution in [2.45, 2.75) is 40.4 Å². The van der Waals surface area contributed by atoms with Crippen LogP contribution in [0.15, 0.2) is 24.3 Å². The highest BCUT2D eigenvalue weighted by Crippen LogP contribution is 2.18. The van der Waals surface area contributed by atoms with E-state index in [-0.39, 0.29) is 23.6 Å². The minimum Gasteiger partial charge on any atom is -0.454 e. The van der Waals surface area contributed by atoms with Crippen LogP contribution in [0.1, 0.15) is 33.3 Å². The molecule has 0 aliphatic heterocycles. The number of aromatic nitrogens is 3. The van der Waals surface area contributed by atoms with Crippen molar-refractivity contribution < 1.29 is 22.3 Å². The average Bonchev–Trinajstić information content (AvgIpc) is 2.62. The molecule has 0 saturated carbocycles. The fourth-order valence-electron chi connectivity index (χ4n) is 1.41. The maximum Gasteiger partial charge on any atom is 0.422 e. The molecule has 0 spiro atoms. The average molecular weight is 397 g/mol. The molecule has 1 aromatic carbocycles. The molecule has 0 aliphatic rings. The summed E-state index contributed by atoms with van der Waals surface area (Å²) in [4.78, 5) is 10.8. The van der Waals surface area contributed by atoms with Gasteiger partial charge >= 0.3 is 12.2 Å². The van der Waals surface area contributed by atoms with Gasteiger partial charge in [-0.1, -0.05) is 39.8 Å². The smallest absolute Gasteiger partial charge is 0.422 e. The lowest BCUT2D eigenvalue weighted by Crippen LogP contribution is -2.20.